The van der Waals surface area contributed by atoms with E-state index in [1.807, 2.05) is 4.90 Å². The fraction of sp³-hybridized carbons (Fsp3) is 0.471. The topological polar surface area (TPSA) is 51.0 Å². The van der Waals surface area contributed by atoms with Crippen molar-refractivity contribution in [2.24, 2.45) is 7.05 Å². The van der Waals surface area contributed by atoms with Crippen molar-refractivity contribution < 1.29 is 4.79 Å². The molecular formula is C17H22N4O. The fourth-order valence-corrected chi connectivity index (χ4v) is 3.29. The molecule has 1 aromatic carbocycles. The minimum absolute atomic E-state index is 0.0149. The second kappa shape index (κ2) is 5.91. The van der Waals surface area contributed by atoms with Crippen molar-refractivity contribution in [3.05, 3.63) is 47.0 Å². The highest BCUT2D eigenvalue weighted by Crippen LogP contribution is 2.29. The van der Waals surface area contributed by atoms with E-state index in [0.717, 1.165) is 25.9 Å². The Kier molecular flexibility index (Phi) is 3.96. The maximum Gasteiger partial charge on any atom is 0.291 e. The van der Waals surface area contributed by atoms with Gasteiger partial charge < -0.3 is 4.90 Å². The van der Waals surface area contributed by atoms with Crippen LogP contribution < -0.4 is 0 Å². The summed E-state index contributed by atoms with van der Waals surface area (Å²) in [6, 6.07) is 6.76. The van der Waals surface area contributed by atoms with Crippen LogP contribution in [-0.4, -0.2) is 38.7 Å². The molecule has 0 N–H and O–H groups in total. The number of aryl methyl sites for hydroxylation is 3. The van der Waals surface area contributed by atoms with E-state index >= 15 is 0 Å². The van der Waals surface area contributed by atoms with Gasteiger partial charge in [0.25, 0.3) is 5.91 Å². The van der Waals surface area contributed by atoms with E-state index < -0.39 is 0 Å². The molecule has 0 atom stereocenters. The number of hydrogen-bond acceptors (Lipinski definition) is 3. The zero-order valence-corrected chi connectivity index (χ0v) is 13.4. The predicted octanol–water partition coefficient (Wildman–Crippen LogP) is 2.45. The van der Waals surface area contributed by atoms with Crippen molar-refractivity contribution in [1.82, 2.24) is 19.7 Å². The van der Waals surface area contributed by atoms with Gasteiger partial charge in [-0.2, -0.15) is 5.10 Å². The second-order valence-corrected chi connectivity index (χ2v) is 6.19. The highest BCUT2D eigenvalue weighted by molar-refractivity contribution is 5.90. The first-order chi connectivity index (χ1) is 10.5. The number of benzene rings is 1. The van der Waals surface area contributed by atoms with Gasteiger partial charge in [-0.15, -0.1) is 0 Å². The molecule has 1 saturated heterocycles. The highest BCUT2D eigenvalue weighted by atomic mass is 16.2. The van der Waals surface area contributed by atoms with Gasteiger partial charge >= 0.3 is 0 Å². The Morgan fingerprint density at radius 2 is 1.77 bits per heavy atom. The van der Waals surface area contributed by atoms with Crippen LogP contribution in [0.4, 0.5) is 0 Å². The molecule has 0 unspecified atom stereocenters. The Labute approximate surface area is 131 Å². The van der Waals surface area contributed by atoms with Crippen LogP contribution in [0.25, 0.3) is 0 Å². The van der Waals surface area contributed by atoms with Crippen molar-refractivity contribution >= 4 is 5.91 Å². The first-order valence-corrected chi connectivity index (χ1v) is 7.76. The number of rotatable bonds is 2. The van der Waals surface area contributed by atoms with Gasteiger partial charge in [0, 0.05) is 20.1 Å². The highest BCUT2D eigenvalue weighted by Gasteiger charge is 2.26. The Balaban J connectivity index is 1.67. The molecule has 0 radical (unpaired) electrons. The van der Waals surface area contributed by atoms with Gasteiger partial charge in [0.15, 0.2) is 0 Å². The van der Waals surface area contributed by atoms with E-state index in [1.165, 1.54) is 23.0 Å². The first kappa shape index (κ1) is 14.8. The number of aromatic nitrogens is 3. The number of carbonyl (C=O) groups is 1. The molecule has 1 aliphatic rings. The summed E-state index contributed by atoms with van der Waals surface area (Å²) in [5.41, 5.74) is 4.03. The van der Waals surface area contributed by atoms with E-state index in [0.29, 0.717) is 11.7 Å². The molecule has 3 rings (SSSR count). The van der Waals surface area contributed by atoms with Gasteiger partial charge in [0.1, 0.15) is 6.33 Å². The molecule has 5 nitrogen and oxygen atoms in total. The largest absolute Gasteiger partial charge is 0.336 e. The number of nitrogens with zero attached hydrogens (tertiary/aromatic N) is 4. The number of hydrogen-bond donors (Lipinski definition) is 0. The third-order valence-corrected chi connectivity index (χ3v) is 4.40. The van der Waals surface area contributed by atoms with Crippen LogP contribution in [-0.2, 0) is 7.05 Å². The van der Waals surface area contributed by atoms with Crippen LogP contribution in [0.3, 0.4) is 0 Å². The zero-order valence-electron chi connectivity index (χ0n) is 13.4. The van der Waals surface area contributed by atoms with E-state index in [2.05, 4.69) is 42.1 Å². The van der Waals surface area contributed by atoms with Gasteiger partial charge in [-0.25, -0.2) is 9.67 Å². The molecule has 0 aliphatic carbocycles. The first-order valence-electron chi connectivity index (χ1n) is 7.76. The van der Waals surface area contributed by atoms with Crippen LogP contribution in [0, 0.1) is 13.8 Å². The third-order valence-electron chi connectivity index (χ3n) is 4.40. The molecule has 2 heterocycles. The van der Waals surface area contributed by atoms with Crippen molar-refractivity contribution in [3.63, 3.8) is 0 Å². The Morgan fingerprint density at radius 3 is 2.32 bits per heavy atom. The van der Waals surface area contributed by atoms with Crippen LogP contribution >= 0.6 is 0 Å². The van der Waals surface area contributed by atoms with Gasteiger partial charge in [0.2, 0.25) is 5.82 Å². The summed E-state index contributed by atoms with van der Waals surface area (Å²) in [7, 11) is 1.75. The van der Waals surface area contributed by atoms with Gasteiger partial charge in [-0.1, -0.05) is 29.3 Å². The molecule has 0 saturated carbocycles. The molecule has 116 valence electrons. The maximum atomic E-state index is 12.4. The summed E-state index contributed by atoms with van der Waals surface area (Å²) < 4.78 is 1.54. The van der Waals surface area contributed by atoms with Gasteiger partial charge in [0.05, 0.1) is 0 Å². The smallest absolute Gasteiger partial charge is 0.291 e. The Morgan fingerprint density at radius 1 is 1.14 bits per heavy atom. The lowest BCUT2D eigenvalue weighted by Gasteiger charge is -2.32. The molecule has 0 spiro atoms. The fourth-order valence-electron chi connectivity index (χ4n) is 3.29. The quantitative estimate of drug-likeness (QED) is 0.855. The van der Waals surface area contributed by atoms with Crippen molar-refractivity contribution in [2.75, 3.05) is 13.1 Å². The molecule has 2 aromatic rings. The summed E-state index contributed by atoms with van der Waals surface area (Å²) in [5.74, 6) is 0.950. The molecule has 5 heteroatoms. The van der Waals surface area contributed by atoms with E-state index in [4.69, 9.17) is 0 Å². The van der Waals surface area contributed by atoms with Crippen LogP contribution in [0.15, 0.2) is 24.5 Å². The number of amides is 1. The Bertz CT molecular complexity index is 663. The van der Waals surface area contributed by atoms with Crippen molar-refractivity contribution in [3.8, 4) is 0 Å². The summed E-state index contributed by atoms with van der Waals surface area (Å²) in [4.78, 5) is 18.4. The lowest BCUT2D eigenvalue weighted by atomic mass is 9.87. The van der Waals surface area contributed by atoms with E-state index in [1.54, 1.807) is 11.7 Å². The van der Waals surface area contributed by atoms with Gasteiger partial charge in [-0.05, 0) is 38.2 Å². The van der Waals surface area contributed by atoms with Crippen LogP contribution in [0.1, 0.15) is 46.1 Å². The number of carbonyl (C=O) groups excluding carboxylic acids is 1. The lowest BCUT2D eigenvalue weighted by molar-refractivity contribution is 0.0695. The molecule has 1 aliphatic heterocycles. The molecule has 1 aromatic heterocycles. The summed E-state index contributed by atoms with van der Waals surface area (Å²) in [6.45, 7) is 5.85. The van der Waals surface area contributed by atoms with Gasteiger partial charge in [-0.3, -0.25) is 4.79 Å². The zero-order chi connectivity index (χ0) is 15.7. The van der Waals surface area contributed by atoms with E-state index in [9.17, 15) is 4.79 Å². The van der Waals surface area contributed by atoms with E-state index in [-0.39, 0.29) is 5.91 Å². The monoisotopic (exact) mass is 298 g/mol. The lowest BCUT2D eigenvalue weighted by Crippen LogP contribution is -2.39. The summed E-state index contributed by atoms with van der Waals surface area (Å²) in [5, 5.41) is 3.97. The molecule has 1 amide bonds. The van der Waals surface area contributed by atoms with Crippen LogP contribution in [0.2, 0.25) is 0 Å². The average Bonchev–Trinajstić information content (AvgIpc) is 2.92. The average molecular weight is 298 g/mol. The van der Waals surface area contributed by atoms with Crippen LogP contribution in [0.5, 0.6) is 0 Å². The minimum Gasteiger partial charge on any atom is -0.336 e. The molecule has 22 heavy (non-hydrogen) atoms. The second-order valence-electron chi connectivity index (χ2n) is 6.19. The normalized spacial score (nSPS) is 16.0. The Hall–Kier alpha value is -2.17. The number of likely N-dealkylation sites (tertiary alicyclic amines) is 1. The SMILES string of the molecule is Cc1cc(C)cc(C2CCN(C(=O)c3ncnn3C)CC2)c1. The van der Waals surface area contributed by atoms with Crippen molar-refractivity contribution in [2.45, 2.75) is 32.6 Å². The van der Waals surface area contributed by atoms with Crippen molar-refractivity contribution in [1.29, 1.82) is 0 Å². The third kappa shape index (κ3) is 2.89. The molecule has 1 fully saturated rings. The standard InChI is InChI=1S/C17H22N4O/c1-12-8-13(2)10-15(9-12)14-4-6-21(7-5-14)17(22)16-18-11-19-20(16)3/h8-11,14H,4-7H2,1-3H3. The molecule has 0 bridgehead atoms. The summed E-state index contributed by atoms with van der Waals surface area (Å²) >= 11 is 0. The minimum atomic E-state index is -0.0149. The summed E-state index contributed by atoms with van der Waals surface area (Å²) in [6.07, 6.45) is 3.44. The predicted molar refractivity (Wildman–Crippen MR) is 84.8 cm³/mol. The molecular weight excluding hydrogens is 276 g/mol. The number of piperidine rings is 1. The maximum absolute atomic E-state index is 12.4.